The maximum atomic E-state index is 13.0. The number of amides is 1. The van der Waals surface area contributed by atoms with E-state index in [2.05, 4.69) is 26.1 Å². The van der Waals surface area contributed by atoms with Crippen molar-refractivity contribution in [2.75, 3.05) is 0 Å². The van der Waals surface area contributed by atoms with E-state index in [1.165, 1.54) is 11.8 Å². The normalized spacial score (nSPS) is 17.1. The molecule has 1 saturated heterocycles. The summed E-state index contributed by atoms with van der Waals surface area (Å²) in [6, 6.07) is 21.3. The van der Waals surface area contributed by atoms with Gasteiger partial charge in [0.1, 0.15) is 5.76 Å². The molecule has 154 valence electrons. The number of furan rings is 1. The van der Waals surface area contributed by atoms with Crippen LogP contribution in [0, 0.1) is 0 Å². The van der Waals surface area contributed by atoms with Crippen LogP contribution in [0.5, 0.6) is 0 Å². The number of hydrogen-bond donors (Lipinski definition) is 0. The van der Waals surface area contributed by atoms with E-state index in [0.717, 1.165) is 15.6 Å². The molecule has 2 aromatic carbocycles. The SMILES string of the molecule is O=C1/C(=C/c2ccc(Br)cc2)S/C(=N/N=C\C=C\c2ccccc2)N1Cc1ccco1. The second-order valence-electron chi connectivity index (χ2n) is 6.55. The Morgan fingerprint density at radius 3 is 2.55 bits per heavy atom. The summed E-state index contributed by atoms with van der Waals surface area (Å²) in [5.41, 5.74) is 2.01. The van der Waals surface area contributed by atoms with Crippen LogP contribution < -0.4 is 0 Å². The van der Waals surface area contributed by atoms with Crippen molar-refractivity contribution >= 4 is 57.1 Å². The number of nitrogens with zero attached hydrogens (tertiary/aromatic N) is 3. The number of carbonyl (C=O) groups excluding carboxylic acids is 1. The minimum absolute atomic E-state index is 0.127. The lowest BCUT2D eigenvalue weighted by Gasteiger charge is -2.12. The Kier molecular flexibility index (Phi) is 6.96. The lowest BCUT2D eigenvalue weighted by Crippen LogP contribution is -2.28. The summed E-state index contributed by atoms with van der Waals surface area (Å²) in [6.45, 7) is 0.296. The van der Waals surface area contributed by atoms with Crippen LogP contribution in [-0.4, -0.2) is 22.2 Å². The van der Waals surface area contributed by atoms with Gasteiger partial charge in [-0.1, -0.05) is 64.5 Å². The van der Waals surface area contributed by atoms with Gasteiger partial charge in [-0.05, 0) is 59.3 Å². The monoisotopic (exact) mass is 491 g/mol. The molecule has 0 aliphatic carbocycles. The second kappa shape index (κ2) is 10.2. The van der Waals surface area contributed by atoms with Gasteiger partial charge in [-0.15, -0.1) is 5.10 Å². The molecule has 0 N–H and O–H groups in total. The highest BCUT2D eigenvalue weighted by Gasteiger charge is 2.34. The molecular formula is C24H18BrN3O2S. The number of halogens is 1. The number of carbonyl (C=O) groups is 1. The Morgan fingerprint density at radius 1 is 1.00 bits per heavy atom. The fraction of sp³-hybridized carbons (Fsp3) is 0.0417. The van der Waals surface area contributed by atoms with Gasteiger partial charge < -0.3 is 4.42 Å². The van der Waals surface area contributed by atoms with Gasteiger partial charge in [-0.3, -0.25) is 9.69 Å². The van der Waals surface area contributed by atoms with Crippen molar-refractivity contribution in [3.05, 3.63) is 105 Å². The summed E-state index contributed by atoms with van der Waals surface area (Å²) in [5, 5.41) is 8.93. The molecule has 4 rings (SSSR count). The molecule has 0 unspecified atom stereocenters. The molecule has 0 spiro atoms. The third-order valence-corrected chi connectivity index (χ3v) is 5.86. The number of thioether (sulfide) groups is 1. The molecule has 5 nitrogen and oxygen atoms in total. The zero-order chi connectivity index (χ0) is 21.5. The van der Waals surface area contributed by atoms with Crippen molar-refractivity contribution in [3.8, 4) is 0 Å². The summed E-state index contributed by atoms with van der Waals surface area (Å²) in [6.07, 6.45) is 8.81. The summed E-state index contributed by atoms with van der Waals surface area (Å²) >= 11 is 4.72. The lowest BCUT2D eigenvalue weighted by molar-refractivity contribution is -0.122. The maximum absolute atomic E-state index is 13.0. The first-order valence-electron chi connectivity index (χ1n) is 9.51. The highest BCUT2D eigenvalue weighted by molar-refractivity contribution is 9.10. The number of benzene rings is 2. The van der Waals surface area contributed by atoms with E-state index in [4.69, 9.17) is 4.42 Å². The molecule has 2 heterocycles. The Labute approximate surface area is 193 Å². The molecule has 1 aliphatic rings. The van der Waals surface area contributed by atoms with Crippen molar-refractivity contribution in [3.63, 3.8) is 0 Å². The number of allylic oxidation sites excluding steroid dienone is 1. The fourth-order valence-electron chi connectivity index (χ4n) is 2.83. The summed E-state index contributed by atoms with van der Waals surface area (Å²) in [4.78, 5) is 15.2. The average Bonchev–Trinajstić information content (AvgIpc) is 3.40. The fourth-order valence-corrected chi connectivity index (χ4v) is 4.03. The van der Waals surface area contributed by atoms with Crippen molar-refractivity contribution in [1.29, 1.82) is 0 Å². The number of amidine groups is 1. The summed E-state index contributed by atoms with van der Waals surface area (Å²) in [5.74, 6) is 0.553. The van der Waals surface area contributed by atoms with Gasteiger partial charge >= 0.3 is 0 Å². The molecule has 3 aromatic rings. The van der Waals surface area contributed by atoms with Crippen LogP contribution in [0.4, 0.5) is 0 Å². The van der Waals surface area contributed by atoms with E-state index < -0.39 is 0 Å². The van der Waals surface area contributed by atoms with E-state index in [9.17, 15) is 4.79 Å². The zero-order valence-electron chi connectivity index (χ0n) is 16.4. The molecule has 1 aromatic heterocycles. The van der Waals surface area contributed by atoms with E-state index in [0.29, 0.717) is 22.4 Å². The lowest BCUT2D eigenvalue weighted by atomic mass is 10.2. The molecule has 0 atom stereocenters. The Bertz CT molecular complexity index is 1150. The molecule has 7 heteroatoms. The van der Waals surface area contributed by atoms with E-state index in [-0.39, 0.29) is 5.91 Å². The third-order valence-electron chi connectivity index (χ3n) is 4.33. The first kappa shape index (κ1) is 21.1. The smallest absolute Gasteiger partial charge is 0.267 e. The quantitative estimate of drug-likeness (QED) is 0.233. The van der Waals surface area contributed by atoms with Gasteiger partial charge in [0, 0.05) is 10.7 Å². The first-order chi connectivity index (χ1) is 15.2. The van der Waals surface area contributed by atoms with E-state index in [1.807, 2.05) is 78.9 Å². The van der Waals surface area contributed by atoms with E-state index >= 15 is 0 Å². The summed E-state index contributed by atoms with van der Waals surface area (Å²) < 4.78 is 6.40. The zero-order valence-corrected chi connectivity index (χ0v) is 18.8. The van der Waals surface area contributed by atoms with Gasteiger partial charge in [-0.25, -0.2) is 0 Å². The topological polar surface area (TPSA) is 58.2 Å². The van der Waals surface area contributed by atoms with Crippen LogP contribution in [0.3, 0.4) is 0 Å². The molecule has 31 heavy (non-hydrogen) atoms. The highest BCUT2D eigenvalue weighted by Crippen LogP contribution is 2.34. The van der Waals surface area contributed by atoms with Gasteiger partial charge in [0.15, 0.2) is 5.17 Å². The van der Waals surface area contributed by atoms with Gasteiger partial charge in [0.2, 0.25) is 0 Å². The number of rotatable bonds is 6. The van der Waals surface area contributed by atoms with Crippen LogP contribution >= 0.6 is 27.7 Å². The number of hydrogen-bond acceptors (Lipinski definition) is 5. The Hall–Kier alpha value is -3.16. The minimum atomic E-state index is -0.127. The van der Waals surface area contributed by atoms with Crippen LogP contribution in [0.2, 0.25) is 0 Å². The van der Waals surface area contributed by atoms with E-state index in [1.54, 1.807) is 23.4 Å². The highest BCUT2D eigenvalue weighted by atomic mass is 79.9. The van der Waals surface area contributed by atoms with Crippen molar-refractivity contribution in [2.24, 2.45) is 10.2 Å². The van der Waals surface area contributed by atoms with Crippen LogP contribution in [0.15, 0.2) is 103 Å². The van der Waals surface area contributed by atoms with Gasteiger partial charge in [0.25, 0.3) is 5.91 Å². The molecule has 0 bridgehead atoms. The van der Waals surface area contributed by atoms with Crippen molar-refractivity contribution < 1.29 is 9.21 Å². The van der Waals surface area contributed by atoms with Crippen LogP contribution in [-0.2, 0) is 11.3 Å². The Morgan fingerprint density at radius 2 is 1.81 bits per heavy atom. The molecule has 1 aliphatic heterocycles. The molecule has 0 saturated carbocycles. The van der Waals surface area contributed by atoms with Crippen LogP contribution in [0.25, 0.3) is 12.2 Å². The van der Waals surface area contributed by atoms with Gasteiger partial charge in [-0.2, -0.15) is 5.10 Å². The van der Waals surface area contributed by atoms with Crippen molar-refractivity contribution in [1.82, 2.24) is 4.90 Å². The Balaban J connectivity index is 1.54. The third kappa shape index (κ3) is 5.71. The van der Waals surface area contributed by atoms with Crippen molar-refractivity contribution in [2.45, 2.75) is 6.54 Å². The predicted molar refractivity (Wildman–Crippen MR) is 130 cm³/mol. The molecular weight excluding hydrogens is 474 g/mol. The van der Waals surface area contributed by atoms with Gasteiger partial charge in [0.05, 0.1) is 17.7 Å². The molecule has 0 radical (unpaired) electrons. The first-order valence-corrected chi connectivity index (χ1v) is 11.1. The summed E-state index contributed by atoms with van der Waals surface area (Å²) in [7, 11) is 0. The largest absolute Gasteiger partial charge is 0.467 e. The average molecular weight is 492 g/mol. The maximum Gasteiger partial charge on any atom is 0.267 e. The second-order valence-corrected chi connectivity index (χ2v) is 8.47. The molecule has 1 amide bonds. The predicted octanol–water partition coefficient (Wildman–Crippen LogP) is 6.21. The minimum Gasteiger partial charge on any atom is -0.467 e. The molecule has 1 fully saturated rings. The standard InChI is InChI=1S/C24H18BrN3O2S/c25-20-12-10-19(11-13-20)16-22-23(29)28(17-21-9-5-15-30-21)24(31-22)27-26-14-4-8-18-6-2-1-3-7-18/h1-16H,17H2/b8-4+,22-16-,26-14-,27-24+. The van der Waals surface area contributed by atoms with Crippen LogP contribution in [0.1, 0.15) is 16.9 Å².